The highest BCUT2D eigenvalue weighted by Gasteiger charge is 2.28. The van der Waals surface area contributed by atoms with Gasteiger partial charge in [-0.1, -0.05) is 30.5 Å². The van der Waals surface area contributed by atoms with Gasteiger partial charge in [0.1, 0.15) is 0 Å². The molecule has 0 heterocycles. The molecule has 28 heavy (non-hydrogen) atoms. The zero-order valence-corrected chi connectivity index (χ0v) is 16.8. The number of hydrogen-bond acceptors (Lipinski definition) is 4. The van der Waals surface area contributed by atoms with Crippen molar-refractivity contribution in [3.8, 4) is 0 Å². The number of carbonyl (C=O) groups is 3. The minimum Gasteiger partial charge on any atom is -0.385 e. The number of nitrogens with zero attached hydrogens (tertiary/aromatic N) is 1. The number of anilines is 1. The molecule has 7 nitrogen and oxygen atoms in total. The van der Waals surface area contributed by atoms with Gasteiger partial charge in [-0.2, -0.15) is 0 Å². The predicted molar refractivity (Wildman–Crippen MR) is 108 cm³/mol. The highest BCUT2D eigenvalue weighted by atomic mass is 16.5. The molecular formula is C21H31N3O4. The van der Waals surface area contributed by atoms with Gasteiger partial charge in [0.15, 0.2) is 0 Å². The summed E-state index contributed by atoms with van der Waals surface area (Å²) in [4.78, 5) is 38.6. The molecule has 1 aliphatic carbocycles. The van der Waals surface area contributed by atoms with Crippen molar-refractivity contribution in [2.24, 2.45) is 5.92 Å². The average Bonchev–Trinajstić information content (AvgIpc) is 3.22. The lowest BCUT2D eigenvalue weighted by molar-refractivity contribution is -0.139. The van der Waals surface area contributed by atoms with Crippen molar-refractivity contribution >= 4 is 23.4 Å². The number of benzene rings is 1. The van der Waals surface area contributed by atoms with Crippen molar-refractivity contribution in [3.63, 3.8) is 0 Å². The summed E-state index contributed by atoms with van der Waals surface area (Å²) in [6.45, 7) is 2.82. The Labute approximate surface area is 166 Å². The smallest absolute Gasteiger partial charge is 0.243 e. The Hall–Kier alpha value is -2.41. The number of aryl methyl sites for hydroxylation is 1. The van der Waals surface area contributed by atoms with Gasteiger partial charge in [0.05, 0.1) is 13.1 Å². The molecule has 2 rings (SSSR count). The number of ether oxygens (including phenoxy) is 1. The van der Waals surface area contributed by atoms with Crippen molar-refractivity contribution in [3.05, 3.63) is 29.8 Å². The third-order valence-corrected chi connectivity index (χ3v) is 4.91. The largest absolute Gasteiger partial charge is 0.385 e. The van der Waals surface area contributed by atoms with Gasteiger partial charge >= 0.3 is 0 Å². The fraction of sp³-hybridized carbons (Fsp3) is 0.571. The van der Waals surface area contributed by atoms with Crippen LogP contribution >= 0.6 is 0 Å². The highest BCUT2D eigenvalue weighted by Crippen LogP contribution is 2.26. The van der Waals surface area contributed by atoms with Gasteiger partial charge in [0.25, 0.3) is 0 Å². The summed E-state index contributed by atoms with van der Waals surface area (Å²) in [6.07, 6.45) is 4.58. The average molecular weight is 389 g/mol. The maximum atomic E-state index is 12.7. The van der Waals surface area contributed by atoms with E-state index in [4.69, 9.17) is 4.74 Å². The molecule has 0 aromatic heterocycles. The molecule has 2 N–H and O–H groups in total. The van der Waals surface area contributed by atoms with Gasteiger partial charge in [-0.3, -0.25) is 14.4 Å². The molecule has 1 aromatic carbocycles. The fourth-order valence-electron chi connectivity index (χ4n) is 3.35. The second-order valence-electron chi connectivity index (χ2n) is 7.28. The molecule has 0 bridgehead atoms. The summed E-state index contributed by atoms with van der Waals surface area (Å²) >= 11 is 0. The first kappa shape index (κ1) is 21.9. The number of nitrogens with one attached hydrogen (secondary N) is 2. The first-order chi connectivity index (χ1) is 13.5. The van der Waals surface area contributed by atoms with E-state index in [2.05, 4.69) is 10.6 Å². The molecule has 0 unspecified atom stereocenters. The number of amides is 3. The van der Waals surface area contributed by atoms with Crippen LogP contribution in [0.1, 0.15) is 37.7 Å². The Morgan fingerprint density at radius 3 is 2.43 bits per heavy atom. The Kier molecular flexibility index (Phi) is 8.94. The standard InChI is InChI=1S/C21H31N3O4/c1-16-8-10-18(11-9-16)23-19(25)14-22-20(26)15-24(12-5-13-28-2)21(27)17-6-3-4-7-17/h8-11,17H,3-7,12-15H2,1-2H3,(H,22,26)(H,23,25). The summed E-state index contributed by atoms with van der Waals surface area (Å²) < 4.78 is 5.05. The van der Waals surface area contributed by atoms with Gasteiger partial charge in [0.2, 0.25) is 17.7 Å². The van der Waals surface area contributed by atoms with Gasteiger partial charge in [-0.15, -0.1) is 0 Å². The molecule has 0 atom stereocenters. The van der Waals surface area contributed by atoms with E-state index in [1.54, 1.807) is 12.0 Å². The van der Waals surface area contributed by atoms with E-state index in [1.807, 2.05) is 31.2 Å². The topological polar surface area (TPSA) is 87.7 Å². The van der Waals surface area contributed by atoms with Gasteiger partial charge in [-0.25, -0.2) is 0 Å². The highest BCUT2D eigenvalue weighted by molar-refractivity contribution is 5.95. The summed E-state index contributed by atoms with van der Waals surface area (Å²) in [6, 6.07) is 7.43. The molecule has 0 aliphatic heterocycles. The molecule has 3 amide bonds. The minimum atomic E-state index is -0.331. The van der Waals surface area contributed by atoms with E-state index in [0.29, 0.717) is 25.3 Å². The molecule has 1 fully saturated rings. The van der Waals surface area contributed by atoms with Crippen LogP contribution in [0.4, 0.5) is 5.69 Å². The third-order valence-electron chi connectivity index (χ3n) is 4.91. The monoisotopic (exact) mass is 389 g/mol. The summed E-state index contributed by atoms with van der Waals surface area (Å²) in [7, 11) is 1.61. The Morgan fingerprint density at radius 1 is 1.11 bits per heavy atom. The van der Waals surface area contributed by atoms with Gasteiger partial charge in [0, 0.05) is 31.9 Å². The molecule has 0 saturated heterocycles. The van der Waals surface area contributed by atoms with Crippen LogP contribution in [0.25, 0.3) is 0 Å². The lowest BCUT2D eigenvalue weighted by Crippen LogP contribution is -2.45. The second kappa shape index (κ2) is 11.4. The third kappa shape index (κ3) is 7.31. The van der Waals surface area contributed by atoms with E-state index in [1.165, 1.54) is 0 Å². The summed E-state index contributed by atoms with van der Waals surface area (Å²) in [5.41, 5.74) is 1.79. The normalized spacial score (nSPS) is 13.9. The first-order valence-corrected chi connectivity index (χ1v) is 9.90. The number of carbonyl (C=O) groups excluding carboxylic acids is 3. The van der Waals surface area contributed by atoms with E-state index < -0.39 is 0 Å². The number of rotatable bonds is 10. The molecule has 154 valence electrons. The lowest BCUT2D eigenvalue weighted by Gasteiger charge is -2.25. The Balaban J connectivity index is 1.81. The Bertz CT molecular complexity index is 654. The van der Waals surface area contributed by atoms with Crippen molar-refractivity contribution in [1.82, 2.24) is 10.2 Å². The van der Waals surface area contributed by atoms with Crippen LogP contribution < -0.4 is 10.6 Å². The van der Waals surface area contributed by atoms with Crippen LogP contribution in [0.3, 0.4) is 0 Å². The maximum Gasteiger partial charge on any atom is 0.243 e. The van der Waals surface area contributed by atoms with Crippen molar-refractivity contribution in [2.45, 2.75) is 39.0 Å². The predicted octanol–water partition coefficient (Wildman–Crippen LogP) is 2.11. The van der Waals surface area contributed by atoms with E-state index >= 15 is 0 Å². The first-order valence-electron chi connectivity index (χ1n) is 9.90. The van der Waals surface area contributed by atoms with E-state index in [-0.39, 0.29) is 36.7 Å². The summed E-state index contributed by atoms with van der Waals surface area (Å²) in [5.74, 6) is -0.582. The maximum absolute atomic E-state index is 12.7. The molecular weight excluding hydrogens is 358 g/mol. The van der Waals surface area contributed by atoms with Crippen LogP contribution in [-0.2, 0) is 19.1 Å². The zero-order valence-electron chi connectivity index (χ0n) is 16.8. The zero-order chi connectivity index (χ0) is 20.4. The van der Waals surface area contributed by atoms with E-state index in [0.717, 1.165) is 31.2 Å². The second-order valence-corrected chi connectivity index (χ2v) is 7.28. The van der Waals surface area contributed by atoms with Gasteiger partial charge < -0.3 is 20.3 Å². The summed E-state index contributed by atoms with van der Waals surface area (Å²) in [5, 5.41) is 5.34. The molecule has 0 spiro atoms. The molecule has 0 radical (unpaired) electrons. The van der Waals surface area contributed by atoms with Crippen LogP contribution in [0.5, 0.6) is 0 Å². The van der Waals surface area contributed by atoms with Crippen LogP contribution in [-0.4, -0.2) is 56.0 Å². The van der Waals surface area contributed by atoms with Crippen LogP contribution in [0.15, 0.2) is 24.3 Å². The quantitative estimate of drug-likeness (QED) is 0.600. The van der Waals surface area contributed by atoms with Crippen LogP contribution in [0, 0.1) is 12.8 Å². The van der Waals surface area contributed by atoms with Crippen molar-refractivity contribution in [2.75, 3.05) is 38.7 Å². The molecule has 1 saturated carbocycles. The van der Waals surface area contributed by atoms with Crippen molar-refractivity contribution < 1.29 is 19.1 Å². The SMILES string of the molecule is COCCCN(CC(=O)NCC(=O)Nc1ccc(C)cc1)C(=O)C1CCCC1. The number of hydrogen-bond donors (Lipinski definition) is 2. The molecule has 1 aromatic rings. The van der Waals surface area contributed by atoms with Gasteiger partial charge in [-0.05, 0) is 38.3 Å². The molecule has 1 aliphatic rings. The van der Waals surface area contributed by atoms with Crippen molar-refractivity contribution in [1.29, 1.82) is 0 Å². The van der Waals surface area contributed by atoms with Crippen LogP contribution in [0.2, 0.25) is 0 Å². The van der Waals surface area contributed by atoms with E-state index in [9.17, 15) is 14.4 Å². The Morgan fingerprint density at radius 2 is 1.79 bits per heavy atom. The molecule has 7 heteroatoms. The minimum absolute atomic E-state index is 0.0141. The lowest BCUT2D eigenvalue weighted by atomic mass is 10.1. The number of methoxy groups -OCH3 is 1. The fourth-order valence-corrected chi connectivity index (χ4v) is 3.35.